The number of carbonyl (C=O) groups excluding carboxylic acids is 1. The molecule has 1 amide bonds. The van der Waals surface area contributed by atoms with Crippen molar-refractivity contribution in [3.05, 3.63) is 93.4 Å². The van der Waals surface area contributed by atoms with Crippen molar-refractivity contribution in [1.29, 1.82) is 0 Å². The molecule has 0 aliphatic rings. The summed E-state index contributed by atoms with van der Waals surface area (Å²) in [6.07, 6.45) is -2.81. The van der Waals surface area contributed by atoms with Gasteiger partial charge in [0.25, 0.3) is 11.5 Å². The summed E-state index contributed by atoms with van der Waals surface area (Å²) >= 11 is 0. The average Bonchev–Trinajstić information content (AvgIpc) is 2.80. The van der Waals surface area contributed by atoms with Gasteiger partial charge in [0.05, 0.1) is 17.5 Å². The van der Waals surface area contributed by atoms with Gasteiger partial charge in [-0.05, 0) is 61.4 Å². The highest BCUT2D eigenvalue weighted by molar-refractivity contribution is 7.92. The maximum atomic E-state index is 13.1. The smallest absolute Gasteiger partial charge is 0.348 e. The van der Waals surface area contributed by atoms with Crippen molar-refractivity contribution in [2.75, 3.05) is 17.1 Å². The molecule has 1 heterocycles. The van der Waals surface area contributed by atoms with Crippen molar-refractivity contribution >= 4 is 21.6 Å². The highest BCUT2D eigenvalue weighted by Crippen LogP contribution is 2.30. The lowest BCUT2D eigenvalue weighted by molar-refractivity contribution is -0.137. The van der Waals surface area contributed by atoms with Crippen molar-refractivity contribution in [3.63, 3.8) is 0 Å². The lowest BCUT2D eigenvalue weighted by Gasteiger charge is -2.22. The largest absolute Gasteiger partial charge is 0.416 e. The van der Waals surface area contributed by atoms with Crippen LogP contribution in [0.1, 0.15) is 40.5 Å². The second-order valence-corrected chi connectivity index (χ2v) is 10.2. The van der Waals surface area contributed by atoms with Gasteiger partial charge < -0.3 is 5.32 Å². The lowest BCUT2D eigenvalue weighted by atomic mass is 10.1. The van der Waals surface area contributed by atoms with Crippen LogP contribution in [-0.4, -0.2) is 31.7 Å². The zero-order chi connectivity index (χ0) is 26.7. The number of carbonyl (C=O) groups is 1. The summed E-state index contributed by atoms with van der Waals surface area (Å²) in [4.78, 5) is 25.8. The van der Waals surface area contributed by atoms with Crippen LogP contribution in [0.3, 0.4) is 0 Å². The number of hydrogen-bond acceptors (Lipinski definition) is 4. The van der Waals surface area contributed by atoms with E-state index in [2.05, 4.69) is 5.32 Å². The Morgan fingerprint density at radius 1 is 1.06 bits per heavy atom. The van der Waals surface area contributed by atoms with Gasteiger partial charge in [0.15, 0.2) is 0 Å². The highest BCUT2D eigenvalue weighted by Gasteiger charge is 2.30. The minimum Gasteiger partial charge on any atom is -0.348 e. The Hall–Kier alpha value is -3.60. The van der Waals surface area contributed by atoms with Crippen LogP contribution in [0.5, 0.6) is 0 Å². The van der Waals surface area contributed by atoms with Crippen LogP contribution < -0.4 is 15.2 Å². The molecule has 0 fully saturated rings. The van der Waals surface area contributed by atoms with Crippen LogP contribution in [-0.2, 0) is 22.7 Å². The van der Waals surface area contributed by atoms with E-state index in [1.807, 2.05) is 6.92 Å². The van der Waals surface area contributed by atoms with Crippen molar-refractivity contribution in [3.8, 4) is 5.69 Å². The fourth-order valence-electron chi connectivity index (χ4n) is 3.69. The van der Waals surface area contributed by atoms with E-state index < -0.39 is 33.2 Å². The number of nitrogens with zero attached hydrogens (tertiary/aromatic N) is 2. The summed E-state index contributed by atoms with van der Waals surface area (Å²) in [7, 11) is -3.44. The summed E-state index contributed by atoms with van der Waals surface area (Å²) in [6, 6.07) is 13.7. The number of benzene rings is 2. The molecule has 0 saturated heterocycles. The van der Waals surface area contributed by atoms with E-state index in [0.717, 1.165) is 23.0 Å². The number of rotatable bonds is 8. The monoisotopic (exact) mass is 521 g/mol. The summed E-state index contributed by atoms with van der Waals surface area (Å²) in [6.45, 7) is 3.82. The zero-order valence-electron chi connectivity index (χ0n) is 20.0. The zero-order valence-corrected chi connectivity index (χ0v) is 20.8. The van der Waals surface area contributed by atoms with Gasteiger partial charge in [-0.2, -0.15) is 13.2 Å². The van der Waals surface area contributed by atoms with Crippen LogP contribution in [0, 0.1) is 6.92 Å². The van der Waals surface area contributed by atoms with Crippen LogP contribution in [0.25, 0.3) is 5.69 Å². The molecular weight excluding hydrogens is 495 g/mol. The standard InChI is InChI=1S/C25H26F3N3O4S/c1-4-14-30(36(3,34)35)20-11-9-18(10-12-20)16-29-23(32)22-13-8-17(2)31(24(22)33)21-7-5-6-19(15-21)25(26,27)28/h5-13,15H,4,14,16H2,1-3H3,(H,29,32). The number of aryl methyl sites for hydroxylation is 1. The third kappa shape index (κ3) is 6.14. The van der Waals surface area contributed by atoms with Gasteiger partial charge in [-0.3, -0.25) is 18.5 Å². The summed E-state index contributed by atoms with van der Waals surface area (Å²) in [5.41, 5.74) is -0.335. The predicted octanol–water partition coefficient (Wildman–Crippen LogP) is 4.27. The van der Waals surface area contributed by atoms with Crippen LogP contribution in [0.15, 0.2) is 65.5 Å². The third-order valence-electron chi connectivity index (χ3n) is 5.46. The van der Waals surface area contributed by atoms with E-state index >= 15 is 0 Å². The van der Waals surface area contributed by atoms with Gasteiger partial charge in [0.2, 0.25) is 10.0 Å². The Bertz CT molecular complexity index is 1420. The Morgan fingerprint density at radius 3 is 2.31 bits per heavy atom. The van der Waals surface area contributed by atoms with Crippen LogP contribution >= 0.6 is 0 Å². The van der Waals surface area contributed by atoms with Gasteiger partial charge in [-0.1, -0.05) is 25.1 Å². The Labute approximate surface area is 207 Å². The number of amides is 1. The number of aromatic nitrogens is 1. The van der Waals surface area contributed by atoms with E-state index in [9.17, 15) is 31.2 Å². The molecule has 1 N–H and O–H groups in total. The second kappa shape index (κ2) is 10.6. The first-order valence-corrected chi connectivity index (χ1v) is 12.9. The molecular formula is C25H26F3N3O4S. The number of nitrogens with one attached hydrogen (secondary N) is 1. The summed E-state index contributed by atoms with van der Waals surface area (Å²) in [5, 5.41) is 2.63. The lowest BCUT2D eigenvalue weighted by Crippen LogP contribution is -2.33. The molecule has 0 bridgehead atoms. The number of pyridine rings is 1. The number of alkyl halides is 3. The normalized spacial score (nSPS) is 11.8. The first-order chi connectivity index (χ1) is 16.8. The van der Waals surface area contributed by atoms with Crippen molar-refractivity contribution in [2.24, 2.45) is 0 Å². The SMILES string of the molecule is CCCN(c1ccc(CNC(=O)c2ccc(C)n(-c3cccc(C(F)(F)F)c3)c2=O)cc1)S(C)(=O)=O. The number of sulfonamides is 1. The summed E-state index contributed by atoms with van der Waals surface area (Å²) in [5.74, 6) is -0.687. The minimum atomic E-state index is -4.58. The number of halogens is 3. The number of hydrogen-bond donors (Lipinski definition) is 1. The topological polar surface area (TPSA) is 88.5 Å². The fraction of sp³-hybridized carbons (Fsp3) is 0.280. The maximum absolute atomic E-state index is 13.1. The molecule has 1 aromatic heterocycles. The molecule has 11 heteroatoms. The van der Waals surface area contributed by atoms with E-state index in [4.69, 9.17) is 0 Å². The molecule has 0 unspecified atom stereocenters. The minimum absolute atomic E-state index is 0.0000682. The Morgan fingerprint density at radius 2 is 1.72 bits per heavy atom. The van der Waals surface area contributed by atoms with Crippen LogP contribution in [0.2, 0.25) is 0 Å². The Balaban J connectivity index is 1.81. The van der Waals surface area contributed by atoms with Gasteiger partial charge in [-0.25, -0.2) is 8.42 Å². The quantitative estimate of drug-likeness (QED) is 0.480. The second-order valence-electron chi connectivity index (χ2n) is 8.26. The molecule has 3 rings (SSSR count). The molecule has 0 atom stereocenters. The van der Waals surface area contributed by atoms with Gasteiger partial charge in [-0.15, -0.1) is 0 Å². The summed E-state index contributed by atoms with van der Waals surface area (Å²) < 4.78 is 65.8. The third-order valence-corrected chi connectivity index (χ3v) is 6.65. The van der Waals surface area contributed by atoms with E-state index in [0.29, 0.717) is 29.9 Å². The van der Waals surface area contributed by atoms with Gasteiger partial charge in [0, 0.05) is 24.5 Å². The Kier molecular flexibility index (Phi) is 7.92. The molecule has 0 radical (unpaired) electrons. The van der Waals surface area contributed by atoms with Crippen LogP contribution in [0.4, 0.5) is 18.9 Å². The molecule has 0 aliphatic carbocycles. The van der Waals surface area contributed by atoms with Crippen molar-refractivity contribution < 1.29 is 26.4 Å². The molecule has 0 spiro atoms. The molecule has 36 heavy (non-hydrogen) atoms. The van der Waals surface area contributed by atoms with Gasteiger partial charge in [0.1, 0.15) is 5.56 Å². The van der Waals surface area contributed by atoms with Gasteiger partial charge >= 0.3 is 6.18 Å². The number of anilines is 1. The first-order valence-electron chi connectivity index (χ1n) is 11.1. The highest BCUT2D eigenvalue weighted by atomic mass is 32.2. The first kappa shape index (κ1) is 27.0. The molecule has 192 valence electrons. The molecule has 0 aliphatic heterocycles. The molecule has 2 aromatic carbocycles. The van der Waals surface area contributed by atoms with Crippen molar-refractivity contribution in [1.82, 2.24) is 9.88 Å². The maximum Gasteiger partial charge on any atom is 0.416 e. The van der Waals surface area contributed by atoms with E-state index in [1.54, 1.807) is 31.2 Å². The van der Waals surface area contributed by atoms with E-state index in [1.165, 1.54) is 28.6 Å². The molecule has 7 nitrogen and oxygen atoms in total. The van der Waals surface area contributed by atoms with E-state index in [-0.39, 0.29) is 17.8 Å². The fourth-order valence-corrected chi connectivity index (χ4v) is 4.71. The predicted molar refractivity (Wildman–Crippen MR) is 132 cm³/mol. The average molecular weight is 522 g/mol. The molecule has 3 aromatic rings. The molecule has 0 saturated carbocycles. The van der Waals surface area contributed by atoms with Crippen molar-refractivity contribution in [2.45, 2.75) is 33.0 Å².